The minimum atomic E-state index is -0.512. The smallest absolute Gasteiger partial charge is 0.253 e. The molecule has 0 spiro atoms. The predicted molar refractivity (Wildman–Crippen MR) is 66.8 cm³/mol. The lowest BCUT2D eigenvalue weighted by Crippen LogP contribution is -2.32. The van der Waals surface area contributed by atoms with Gasteiger partial charge in [-0.05, 0) is 25.1 Å². The minimum Gasteiger partial charge on any atom is -0.338 e. The molecule has 1 rings (SSSR count). The van der Waals surface area contributed by atoms with Gasteiger partial charge in [0.15, 0.2) is 0 Å². The van der Waals surface area contributed by atoms with Crippen molar-refractivity contribution in [2.45, 2.75) is 6.92 Å². The Bertz CT molecular complexity index is 386. The van der Waals surface area contributed by atoms with Crippen LogP contribution in [0.4, 0.5) is 4.39 Å². The van der Waals surface area contributed by atoms with Gasteiger partial charge in [0.05, 0.1) is 5.02 Å². The Kier molecular flexibility index (Phi) is 5.22. The summed E-state index contributed by atoms with van der Waals surface area (Å²) in [6.45, 7) is 3.12. The third-order valence-electron chi connectivity index (χ3n) is 2.19. The monoisotopic (exact) mass is 307 g/mol. The van der Waals surface area contributed by atoms with E-state index in [1.165, 1.54) is 18.2 Å². The molecule has 5 heteroatoms. The van der Waals surface area contributed by atoms with E-state index in [9.17, 15) is 9.18 Å². The number of alkyl halides is 1. The first kappa shape index (κ1) is 13.5. The first-order chi connectivity index (χ1) is 7.60. The zero-order valence-electron chi connectivity index (χ0n) is 8.84. The number of halogens is 3. The van der Waals surface area contributed by atoms with Gasteiger partial charge in [-0.15, -0.1) is 0 Å². The number of hydrogen-bond donors (Lipinski definition) is 0. The van der Waals surface area contributed by atoms with Crippen LogP contribution < -0.4 is 0 Å². The van der Waals surface area contributed by atoms with Crippen molar-refractivity contribution in [3.63, 3.8) is 0 Å². The van der Waals surface area contributed by atoms with Crippen LogP contribution in [0.5, 0.6) is 0 Å². The lowest BCUT2D eigenvalue weighted by Gasteiger charge is -2.19. The van der Waals surface area contributed by atoms with Gasteiger partial charge in [-0.3, -0.25) is 4.79 Å². The molecule has 0 unspecified atom stereocenters. The van der Waals surface area contributed by atoms with Crippen LogP contribution in [0.25, 0.3) is 0 Å². The summed E-state index contributed by atoms with van der Waals surface area (Å²) in [7, 11) is 0. The van der Waals surface area contributed by atoms with Crippen LogP contribution in [-0.2, 0) is 0 Å². The number of nitrogens with zero attached hydrogens (tertiary/aromatic N) is 1. The van der Waals surface area contributed by atoms with Gasteiger partial charge in [0.2, 0.25) is 0 Å². The Morgan fingerprint density at radius 3 is 2.75 bits per heavy atom. The van der Waals surface area contributed by atoms with E-state index in [2.05, 4.69) is 15.9 Å². The summed E-state index contributed by atoms with van der Waals surface area (Å²) in [5.74, 6) is -0.648. The molecule has 0 heterocycles. The van der Waals surface area contributed by atoms with E-state index < -0.39 is 5.82 Å². The van der Waals surface area contributed by atoms with Crippen LogP contribution in [0, 0.1) is 5.82 Å². The Hall–Kier alpha value is -0.610. The van der Waals surface area contributed by atoms with Crippen molar-refractivity contribution in [1.29, 1.82) is 0 Å². The second kappa shape index (κ2) is 6.21. The molecule has 0 radical (unpaired) electrons. The number of rotatable bonds is 4. The van der Waals surface area contributed by atoms with Crippen molar-refractivity contribution in [2.24, 2.45) is 0 Å². The van der Waals surface area contributed by atoms with Gasteiger partial charge >= 0.3 is 0 Å². The second-order valence-corrected chi connectivity index (χ2v) is 4.40. The molecule has 1 aromatic rings. The van der Waals surface area contributed by atoms with Gasteiger partial charge < -0.3 is 4.90 Å². The van der Waals surface area contributed by atoms with Crippen LogP contribution in [0.1, 0.15) is 17.3 Å². The van der Waals surface area contributed by atoms with Gasteiger partial charge in [-0.25, -0.2) is 4.39 Å². The summed E-state index contributed by atoms with van der Waals surface area (Å²) < 4.78 is 12.9. The van der Waals surface area contributed by atoms with E-state index in [1.807, 2.05) is 6.92 Å². The number of hydrogen-bond acceptors (Lipinski definition) is 1. The lowest BCUT2D eigenvalue weighted by atomic mass is 10.2. The number of carbonyl (C=O) groups is 1. The van der Waals surface area contributed by atoms with E-state index >= 15 is 0 Å². The van der Waals surface area contributed by atoms with E-state index in [4.69, 9.17) is 11.6 Å². The third kappa shape index (κ3) is 3.19. The first-order valence-electron chi connectivity index (χ1n) is 4.90. The molecule has 0 aliphatic rings. The van der Waals surface area contributed by atoms with E-state index in [-0.39, 0.29) is 10.9 Å². The average molecular weight is 309 g/mol. The van der Waals surface area contributed by atoms with Crippen molar-refractivity contribution in [1.82, 2.24) is 4.90 Å². The quantitative estimate of drug-likeness (QED) is 0.781. The highest BCUT2D eigenvalue weighted by Crippen LogP contribution is 2.17. The maximum absolute atomic E-state index is 12.9. The van der Waals surface area contributed by atoms with Crippen LogP contribution in [0.3, 0.4) is 0 Å². The summed E-state index contributed by atoms with van der Waals surface area (Å²) in [6, 6.07) is 4.01. The first-order valence-corrected chi connectivity index (χ1v) is 6.40. The number of carbonyl (C=O) groups excluding carboxylic acids is 1. The van der Waals surface area contributed by atoms with E-state index in [0.717, 1.165) is 0 Å². The molecule has 0 aliphatic heterocycles. The average Bonchev–Trinajstić information content (AvgIpc) is 2.28. The highest BCUT2D eigenvalue weighted by molar-refractivity contribution is 9.09. The molecule has 0 fully saturated rings. The van der Waals surface area contributed by atoms with Crippen molar-refractivity contribution < 1.29 is 9.18 Å². The number of amides is 1. The predicted octanol–water partition coefficient (Wildman–Crippen LogP) is 3.34. The molecule has 0 aromatic heterocycles. The fraction of sp³-hybridized carbons (Fsp3) is 0.364. The second-order valence-electron chi connectivity index (χ2n) is 3.20. The molecule has 0 aliphatic carbocycles. The van der Waals surface area contributed by atoms with Crippen molar-refractivity contribution in [3.05, 3.63) is 34.6 Å². The molecule has 1 aromatic carbocycles. The highest BCUT2D eigenvalue weighted by atomic mass is 79.9. The van der Waals surface area contributed by atoms with Gasteiger partial charge in [0.1, 0.15) is 5.82 Å². The summed E-state index contributed by atoms with van der Waals surface area (Å²) >= 11 is 8.91. The topological polar surface area (TPSA) is 20.3 Å². The Labute approximate surface area is 108 Å². The highest BCUT2D eigenvalue weighted by Gasteiger charge is 2.14. The minimum absolute atomic E-state index is 0.0271. The Balaban J connectivity index is 2.90. The largest absolute Gasteiger partial charge is 0.338 e. The summed E-state index contributed by atoms with van der Waals surface area (Å²) in [4.78, 5) is 13.6. The van der Waals surface area contributed by atoms with Gasteiger partial charge in [0, 0.05) is 24.0 Å². The molecule has 0 N–H and O–H groups in total. The summed E-state index contributed by atoms with van der Waals surface area (Å²) in [5.41, 5.74) is 0.411. The Morgan fingerprint density at radius 2 is 2.25 bits per heavy atom. The molecule has 2 nitrogen and oxygen atoms in total. The van der Waals surface area contributed by atoms with Gasteiger partial charge in [0.25, 0.3) is 5.91 Å². The maximum Gasteiger partial charge on any atom is 0.253 e. The van der Waals surface area contributed by atoms with Crippen LogP contribution in [0.15, 0.2) is 18.2 Å². The zero-order valence-corrected chi connectivity index (χ0v) is 11.2. The van der Waals surface area contributed by atoms with Crippen molar-refractivity contribution >= 4 is 33.4 Å². The van der Waals surface area contributed by atoms with Gasteiger partial charge in [-0.1, -0.05) is 27.5 Å². The summed E-state index contributed by atoms with van der Waals surface area (Å²) in [6.07, 6.45) is 0. The standard InChI is InChI=1S/C11H12BrClFNO/c1-2-15(6-5-12)11(16)8-3-4-10(14)9(13)7-8/h3-4,7H,2,5-6H2,1H3. The molecular formula is C11H12BrClFNO. The summed E-state index contributed by atoms with van der Waals surface area (Å²) in [5, 5.41) is 0.683. The van der Waals surface area contributed by atoms with E-state index in [0.29, 0.717) is 24.0 Å². The molecule has 0 atom stereocenters. The molecule has 0 saturated carbocycles. The molecule has 1 amide bonds. The molecule has 16 heavy (non-hydrogen) atoms. The SMILES string of the molecule is CCN(CCBr)C(=O)c1ccc(F)c(Cl)c1. The maximum atomic E-state index is 12.9. The van der Waals surface area contributed by atoms with Crippen LogP contribution in [0.2, 0.25) is 5.02 Å². The molecule has 0 saturated heterocycles. The fourth-order valence-corrected chi connectivity index (χ4v) is 1.93. The van der Waals surface area contributed by atoms with Gasteiger partial charge in [-0.2, -0.15) is 0 Å². The van der Waals surface area contributed by atoms with E-state index in [1.54, 1.807) is 4.90 Å². The molecule has 88 valence electrons. The molecular weight excluding hydrogens is 296 g/mol. The Morgan fingerprint density at radius 1 is 1.56 bits per heavy atom. The van der Waals surface area contributed by atoms with Crippen LogP contribution >= 0.6 is 27.5 Å². The van der Waals surface area contributed by atoms with Crippen LogP contribution in [-0.4, -0.2) is 29.2 Å². The van der Waals surface area contributed by atoms with Crippen molar-refractivity contribution in [3.8, 4) is 0 Å². The fourth-order valence-electron chi connectivity index (χ4n) is 1.32. The number of benzene rings is 1. The molecule has 0 bridgehead atoms. The van der Waals surface area contributed by atoms with Crippen molar-refractivity contribution in [2.75, 3.05) is 18.4 Å². The lowest BCUT2D eigenvalue weighted by molar-refractivity contribution is 0.0775. The zero-order chi connectivity index (χ0) is 12.1. The third-order valence-corrected chi connectivity index (χ3v) is 2.83. The normalized spacial score (nSPS) is 10.2.